The molecule has 0 aromatic carbocycles. The minimum absolute atomic E-state index is 0.0201. The molecule has 100 valence electrons. The van der Waals surface area contributed by atoms with Crippen LogP contribution in [-0.4, -0.2) is 42.5 Å². The SMILES string of the molecule is CCOC(=O)CN(C(=O)C(C)(C)CN)C(C)C. The molecule has 0 unspecified atom stereocenters. The van der Waals surface area contributed by atoms with Crippen molar-refractivity contribution >= 4 is 11.9 Å². The van der Waals surface area contributed by atoms with Gasteiger partial charge >= 0.3 is 5.97 Å². The van der Waals surface area contributed by atoms with Gasteiger partial charge in [0.15, 0.2) is 0 Å². The molecule has 2 N–H and O–H groups in total. The van der Waals surface area contributed by atoms with Crippen molar-refractivity contribution in [3.05, 3.63) is 0 Å². The predicted octanol–water partition coefficient (Wildman–Crippen LogP) is 0.771. The first kappa shape index (κ1) is 15.9. The van der Waals surface area contributed by atoms with Gasteiger partial charge in [-0.2, -0.15) is 0 Å². The third-order valence-electron chi connectivity index (χ3n) is 2.58. The molecule has 0 saturated heterocycles. The van der Waals surface area contributed by atoms with Crippen molar-refractivity contribution in [2.45, 2.75) is 40.7 Å². The van der Waals surface area contributed by atoms with Crippen LogP contribution in [-0.2, 0) is 14.3 Å². The summed E-state index contributed by atoms with van der Waals surface area (Å²) in [6.45, 7) is 9.56. The van der Waals surface area contributed by atoms with E-state index in [2.05, 4.69) is 0 Å². The molecule has 17 heavy (non-hydrogen) atoms. The molecule has 0 aromatic heterocycles. The number of ether oxygens (including phenoxy) is 1. The van der Waals surface area contributed by atoms with Gasteiger partial charge in [-0.1, -0.05) is 0 Å². The highest BCUT2D eigenvalue weighted by atomic mass is 16.5. The van der Waals surface area contributed by atoms with E-state index in [4.69, 9.17) is 10.5 Å². The lowest BCUT2D eigenvalue weighted by Crippen LogP contribution is -2.49. The van der Waals surface area contributed by atoms with E-state index in [0.717, 1.165) is 0 Å². The Hall–Kier alpha value is -1.10. The van der Waals surface area contributed by atoms with Gasteiger partial charge in [0.2, 0.25) is 5.91 Å². The first-order chi connectivity index (χ1) is 7.76. The van der Waals surface area contributed by atoms with E-state index in [-0.39, 0.29) is 31.0 Å². The number of hydrogen-bond donors (Lipinski definition) is 1. The second-order valence-corrected chi connectivity index (χ2v) is 4.92. The fourth-order valence-electron chi connectivity index (χ4n) is 1.31. The summed E-state index contributed by atoms with van der Waals surface area (Å²) in [6, 6.07) is -0.0577. The number of carbonyl (C=O) groups is 2. The maximum atomic E-state index is 12.2. The molecule has 0 aliphatic heterocycles. The van der Waals surface area contributed by atoms with Crippen molar-refractivity contribution in [3.8, 4) is 0 Å². The van der Waals surface area contributed by atoms with E-state index >= 15 is 0 Å². The van der Waals surface area contributed by atoms with E-state index in [1.165, 1.54) is 4.90 Å². The van der Waals surface area contributed by atoms with Crippen LogP contribution >= 0.6 is 0 Å². The molecule has 0 aromatic rings. The molecule has 0 atom stereocenters. The van der Waals surface area contributed by atoms with Crippen molar-refractivity contribution in [2.75, 3.05) is 19.7 Å². The number of rotatable bonds is 6. The van der Waals surface area contributed by atoms with Gasteiger partial charge in [0.05, 0.1) is 12.0 Å². The molecule has 0 bridgehead atoms. The molecule has 0 spiro atoms. The van der Waals surface area contributed by atoms with Gasteiger partial charge in [-0.05, 0) is 34.6 Å². The first-order valence-corrected chi connectivity index (χ1v) is 5.93. The maximum absolute atomic E-state index is 12.2. The number of nitrogens with two attached hydrogens (primary N) is 1. The molecule has 0 aliphatic carbocycles. The van der Waals surface area contributed by atoms with Crippen LogP contribution in [0.5, 0.6) is 0 Å². The van der Waals surface area contributed by atoms with E-state index in [1.807, 2.05) is 13.8 Å². The van der Waals surface area contributed by atoms with Crippen molar-refractivity contribution in [2.24, 2.45) is 11.1 Å². The first-order valence-electron chi connectivity index (χ1n) is 5.93. The summed E-state index contributed by atoms with van der Waals surface area (Å²) in [6.07, 6.45) is 0. The van der Waals surface area contributed by atoms with E-state index < -0.39 is 5.41 Å². The van der Waals surface area contributed by atoms with Crippen LogP contribution in [0.15, 0.2) is 0 Å². The van der Waals surface area contributed by atoms with Crippen LogP contribution in [0.3, 0.4) is 0 Å². The van der Waals surface area contributed by atoms with Gasteiger partial charge in [-0.15, -0.1) is 0 Å². The lowest BCUT2D eigenvalue weighted by molar-refractivity contribution is -0.153. The van der Waals surface area contributed by atoms with Crippen LogP contribution < -0.4 is 5.73 Å². The van der Waals surface area contributed by atoms with Crippen LogP contribution in [0, 0.1) is 5.41 Å². The highest BCUT2D eigenvalue weighted by Crippen LogP contribution is 2.18. The van der Waals surface area contributed by atoms with Crippen molar-refractivity contribution in [1.29, 1.82) is 0 Å². The van der Waals surface area contributed by atoms with Crippen LogP contribution in [0.25, 0.3) is 0 Å². The van der Waals surface area contributed by atoms with Gasteiger partial charge in [0.25, 0.3) is 0 Å². The Morgan fingerprint density at radius 1 is 1.35 bits per heavy atom. The molecular weight excluding hydrogens is 220 g/mol. The standard InChI is InChI=1S/C12H24N2O3/c1-6-17-10(15)7-14(9(2)3)11(16)12(4,5)8-13/h9H,6-8,13H2,1-5H3. The van der Waals surface area contributed by atoms with Crippen molar-refractivity contribution < 1.29 is 14.3 Å². The molecule has 5 heteroatoms. The average molecular weight is 244 g/mol. The highest BCUT2D eigenvalue weighted by Gasteiger charge is 2.33. The van der Waals surface area contributed by atoms with E-state index in [9.17, 15) is 9.59 Å². The number of esters is 1. The summed E-state index contributed by atoms with van der Waals surface area (Å²) in [5, 5.41) is 0. The number of nitrogens with zero attached hydrogens (tertiary/aromatic N) is 1. The molecule has 0 aliphatic rings. The Labute approximate surface area is 103 Å². The fraction of sp³-hybridized carbons (Fsp3) is 0.833. The van der Waals surface area contributed by atoms with Gasteiger partial charge in [0.1, 0.15) is 6.54 Å². The molecule has 5 nitrogen and oxygen atoms in total. The predicted molar refractivity (Wildman–Crippen MR) is 66.3 cm³/mol. The third-order valence-corrected chi connectivity index (χ3v) is 2.58. The summed E-state index contributed by atoms with van der Waals surface area (Å²) < 4.78 is 4.85. The highest BCUT2D eigenvalue weighted by molar-refractivity contribution is 5.86. The molecular formula is C12H24N2O3. The Bertz CT molecular complexity index is 275. The van der Waals surface area contributed by atoms with Gasteiger partial charge in [-0.25, -0.2) is 0 Å². The minimum Gasteiger partial charge on any atom is -0.465 e. The molecule has 0 heterocycles. The summed E-state index contributed by atoms with van der Waals surface area (Å²) >= 11 is 0. The van der Waals surface area contributed by atoms with Crippen LogP contribution in [0.4, 0.5) is 0 Å². The monoisotopic (exact) mass is 244 g/mol. The molecule has 0 fully saturated rings. The van der Waals surface area contributed by atoms with Crippen LogP contribution in [0.2, 0.25) is 0 Å². The zero-order valence-electron chi connectivity index (χ0n) is 11.4. The largest absolute Gasteiger partial charge is 0.465 e. The second kappa shape index (κ2) is 6.59. The zero-order valence-corrected chi connectivity index (χ0v) is 11.4. The second-order valence-electron chi connectivity index (χ2n) is 4.92. The maximum Gasteiger partial charge on any atom is 0.325 e. The minimum atomic E-state index is -0.656. The smallest absolute Gasteiger partial charge is 0.325 e. The fourth-order valence-corrected chi connectivity index (χ4v) is 1.31. The number of amides is 1. The zero-order chi connectivity index (χ0) is 13.6. The normalized spacial score (nSPS) is 11.5. The third kappa shape index (κ3) is 4.73. The Morgan fingerprint density at radius 3 is 2.24 bits per heavy atom. The Balaban J connectivity index is 4.75. The Kier molecular flexibility index (Phi) is 6.16. The number of hydrogen-bond acceptors (Lipinski definition) is 4. The summed E-state index contributed by atoms with van der Waals surface area (Å²) in [4.78, 5) is 25.2. The quantitative estimate of drug-likeness (QED) is 0.700. The number of carbonyl (C=O) groups excluding carboxylic acids is 2. The topological polar surface area (TPSA) is 72.6 Å². The molecule has 1 amide bonds. The van der Waals surface area contributed by atoms with Gasteiger partial charge < -0.3 is 15.4 Å². The lowest BCUT2D eigenvalue weighted by Gasteiger charge is -2.33. The van der Waals surface area contributed by atoms with Crippen LogP contribution in [0.1, 0.15) is 34.6 Å². The molecule has 0 saturated carbocycles. The molecule has 0 rings (SSSR count). The average Bonchev–Trinajstić information content (AvgIpc) is 2.25. The van der Waals surface area contributed by atoms with E-state index in [1.54, 1.807) is 20.8 Å². The van der Waals surface area contributed by atoms with Crippen molar-refractivity contribution in [3.63, 3.8) is 0 Å². The summed E-state index contributed by atoms with van der Waals surface area (Å²) in [5.74, 6) is -0.509. The Morgan fingerprint density at radius 2 is 1.88 bits per heavy atom. The summed E-state index contributed by atoms with van der Waals surface area (Å²) in [5.41, 5.74) is 4.91. The van der Waals surface area contributed by atoms with Gasteiger partial charge in [0, 0.05) is 12.6 Å². The van der Waals surface area contributed by atoms with E-state index in [0.29, 0.717) is 6.61 Å². The summed E-state index contributed by atoms with van der Waals surface area (Å²) in [7, 11) is 0. The lowest BCUT2D eigenvalue weighted by atomic mass is 9.91. The van der Waals surface area contributed by atoms with Gasteiger partial charge in [-0.3, -0.25) is 9.59 Å². The van der Waals surface area contributed by atoms with Crippen molar-refractivity contribution in [1.82, 2.24) is 4.90 Å². The molecule has 0 radical (unpaired) electrons.